The normalized spacial score (nSPS) is 12.3. The molecule has 0 aliphatic heterocycles. The lowest BCUT2D eigenvalue weighted by atomic mass is 10.1. The van der Waals surface area contributed by atoms with Gasteiger partial charge in [0, 0.05) is 29.6 Å². The Bertz CT molecular complexity index is 1000. The Balaban J connectivity index is 1.79. The summed E-state index contributed by atoms with van der Waals surface area (Å²) in [6.45, 7) is 5.46. The van der Waals surface area contributed by atoms with Gasteiger partial charge in [0.05, 0.1) is 7.05 Å². The van der Waals surface area contributed by atoms with Crippen LogP contribution in [0.4, 0.5) is 0 Å². The minimum Gasteiger partial charge on any atom is -0.355 e. The molecule has 0 radical (unpaired) electrons. The summed E-state index contributed by atoms with van der Waals surface area (Å²) in [5.74, 6) is 0.558. The van der Waals surface area contributed by atoms with Gasteiger partial charge in [0.1, 0.15) is 6.54 Å². The van der Waals surface area contributed by atoms with Crippen molar-refractivity contribution in [3.8, 4) is 0 Å². The number of aryl methyl sites for hydroxylation is 2. The zero-order valence-corrected chi connectivity index (χ0v) is 16.2. The highest BCUT2D eigenvalue weighted by atomic mass is 32.1. The quantitative estimate of drug-likeness (QED) is 0.654. The third-order valence-electron chi connectivity index (χ3n) is 4.24. The number of benzene rings is 1. The number of aromatic nitrogens is 4. The van der Waals surface area contributed by atoms with Gasteiger partial charge in [-0.2, -0.15) is 4.98 Å². The maximum atomic E-state index is 11.6. The number of amides is 1. The molecule has 0 saturated carbocycles. The molecule has 8 heteroatoms. The average molecular weight is 371 g/mol. The largest absolute Gasteiger partial charge is 0.355 e. The van der Waals surface area contributed by atoms with Crippen LogP contribution in [0, 0.1) is 18.6 Å². The molecule has 0 fully saturated rings. The van der Waals surface area contributed by atoms with Crippen LogP contribution in [0.5, 0.6) is 0 Å². The van der Waals surface area contributed by atoms with Crippen LogP contribution < -0.4 is 10.2 Å². The number of hydrogen-bond donors (Lipinski definition) is 2. The van der Waals surface area contributed by atoms with Crippen LogP contribution in [-0.4, -0.2) is 39.2 Å². The molecule has 3 aromatic rings. The van der Waals surface area contributed by atoms with Crippen LogP contribution in [-0.2, 0) is 13.2 Å². The topological polar surface area (TPSA) is 68.7 Å². The van der Waals surface area contributed by atoms with E-state index in [-0.39, 0.29) is 5.91 Å². The number of quaternary nitrogens is 1. The highest BCUT2D eigenvalue weighted by Gasteiger charge is 2.13. The predicted molar refractivity (Wildman–Crippen MR) is 102 cm³/mol. The van der Waals surface area contributed by atoms with E-state index in [0.717, 1.165) is 23.5 Å². The molecular weight excluding hydrogens is 348 g/mol. The number of nitrogens with one attached hydrogen (secondary N) is 2. The van der Waals surface area contributed by atoms with Gasteiger partial charge in [0.2, 0.25) is 4.77 Å². The minimum atomic E-state index is -0.0763. The van der Waals surface area contributed by atoms with Crippen LogP contribution in [0.25, 0.3) is 5.78 Å². The maximum absolute atomic E-state index is 11.6. The number of nitrogens with zero attached hydrogens (tertiary/aromatic N) is 4. The molecule has 7 nitrogen and oxygen atoms in total. The van der Waals surface area contributed by atoms with Gasteiger partial charge in [-0.1, -0.05) is 12.1 Å². The lowest BCUT2D eigenvalue weighted by Gasteiger charge is -2.16. The van der Waals surface area contributed by atoms with E-state index in [2.05, 4.69) is 22.3 Å². The minimum absolute atomic E-state index is 0.0763. The molecule has 3 rings (SSSR count). The third kappa shape index (κ3) is 3.66. The molecule has 136 valence electrons. The Morgan fingerprint density at radius 3 is 2.58 bits per heavy atom. The van der Waals surface area contributed by atoms with E-state index in [0.29, 0.717) is 22.8 Å². The Morgan fingerprint density at radius 1 is 1.23 bits per heavy atom. The summed E-state index contributed by atoms with van der Waals surface area (Å²) in [6, 6.07) is 9.68. The van der Waals surface area contributed by atoms with Crippen LogP contribution in [0.2, 0.25) is 0 Å². The molecule has 0 bridgehead atoms. The van der Waals surface area contributed by atoms with E-state index in [1.807, 2.05) is 53.4 Å². The number of hydrogen-bond acceptors (Lipinski definition) is 4. The lowest BCUT2D eigenvalue weighted by Crippen LogP contribution is -3.07. The molecule has 0 spiro atoms. The van der Waals surface area contributed by atoms with Gasteiger partial charge in [0.15, 0.2) is 6.67 Å². The third-order valence-corrected chi connectivity index (χ3v) is 4.55. The molecule has 1 atom stereocenters. The molecule has 0 saturated heterocycles. The molecule has 0 aliphatic rings. The summed E-state index contributed by atoms with van der Waals surface area (Å²) in [5, 5.41) is 2.63. The molecule has 26 heavy (non-hydrogen) atoms. The molecule has 2 aromatic heterocycles. The first-order valence-electron chi connectivity index (χ1n) is 8.45. The molecule has 0 aliphatic carbocycles. The van der Waals surface area contributed by atoms with Crippen LogP contribution in [0.3, 0.4) is 0 Å². The second-order valence-corrected chi connectivity index (χ2v) is 6.88. The van der Waals surface area contributed by atoms with E-state index in [9.17, 15) is 4.79 Å². The van der Waals surface area contributed by atoms with Crippen molar-refractivity contribution in [1.29, 1.82) is 0 Å². The van der Waals surface area contributed by atoms with Gasteiger partial charge in [0.25, 0.3) is 11.7 Å². The zero-order chi connectivity index (χ0) is 18.8. The molecule has 1 amide bonds. The number of carbonyl (C=O) groups is 1. The van der Waals surface area contributed by atoms with E-state index in [1.54, 1.807) is 7.05 Å². The number of carbonyl (C=O) groups excluding carboxylic acids is 1. The lowest BCUT2D eigenvalue weighted by molar-refractivity contribution is -0.917. The summed E-state index contributed by atoms with van der Waals surface area (Å²) >= 11 is 5.43. The number of rotatable bonds is 5. The second-order valence-electron chi connectivity index (χ2n) is 6.51. The van der Waals surface area contributed by atoms with Gasteiger partial charge in [-0.15, -0.1) is 0 Å². The van der Waals surface area contributed by atoms with Crippen molar-refractivity contribution in [1.82, 2.24) is 24.5 Å². The first-order valence-corrected chi connectivity index (χ1v) is 8.86. The SMILES string of the molecule is CNC(=O)c1ccc(C[NH+](C)Cn2c(=S)nc3nc(C)cc(C)n32)cc1. The van der Waals surface area contributed by atoms with E-state index >= 15 is 0 Å². The predicted octanol–water partition coefficient (Wildman–Crippen LogP) is 0.909. The average Bonchev–Trinajstić information content (AvgIpc) is 2.90. The van der Waals surface area contributed by atoms with Gasteiger partial charge in [-0.25, -0.2) is 14.2 Å². The van der Waals surface area contributed by atoms with Crippen LogP contribution >= 0.6 is 12.2 Å². The van der Waals surface area contributed by atoms with E-state index in [1.165, 1.54) is 4.90 Å². The van der Waals surface area contributed by atoms with Gasteiger partial charge in [-0.3, -0.25) is 4.79 Å². The Morgan fingerprint density at radius 2 is 1.92 bits per heavy atom. The highest BCUT2D eigenvalue weighted by Crippen LogP contribution is 2.07. The fourth-order valence-corrected chi connectivity index (χ4v) is 3.30. The zero-order valence-electron chi connectivity index (χ0n) is 15.4. The summed E-state index contributed by atoms with van der Waals surface area (Å²) in [6.07, 6.45) is 0. The molecule has 1 aromatic carbocycles. The van der Waals surface area contributed by atoms with E-state index < -0.39 is 0 Å². The van der Waals surface area contributed by atoms with Crippen molar-refractivity contribution in [2.75, 3.05) is 14.1 Å². The molecule has 2 heterocycles. The maximum Gasteiger partial charge on any atom is 0.252 e. The van der Waals surface area contributed by atoms with Crippen molar-refractivity contribution in [2.45, 2.75) is 27.1 Å². The molecule has 1 unspecified atom stereocenters. The standard InChI is InChI=1S/C18H22N6OS/c1-12-9-13(2)24-17(20-12)21-18(26)23(24)11-22(4)10-14-5-7-15(8-6-14)16(25)19-3/h5-9H,10-11H2,1-4H3,(H,19,25)/p+1. The Kier molecular flexibility index (Phi) is 5.15. The van der Waals surface area contributed by atoms with Gasteiger partial charge < -0.3 is 10.2 Å². The van der Waals surface area contributed by atoms with Crippen LogP contribution in [0.1, 0.15) is 27.3 Å². The first kappa shape index (κ1) is 18.2. The Hall–Kier alpha value is -2.58. The van der Waals surface area contributed by atoms with Gasteiger partial charge >= 0.3 is 0 Å². The van der Waals surface area contributed by atoms with Crippen molar-refractivity contribution < 1.29 is 9.69 Å². The van der Waals surface area contributed by atoms with E-state index in [4.69, 9.17) is 12.2 Å². The molecule has 2 N–H and O–H groups in total. The molecular formula is C18H23N6OS+. The van der Waals surface area contributed by atoms with Gasteiger partial charge in [-0.05, 0) is 44.3 Å². The second kappa shape index (κ2) is 7.35. The van der Waals surface area contributed by atoms with Crippen molar-refractivity contribution in [3.63, 3.8) is 0 Å². The summed E-state index contributed by atoms with van der Waals surface area (Å²) < 4.78 is 4.47. The van der Waals surface area contributed by atoms with Crippen molar-refractivity contribution in [2.24, 2.45) is 0 Å². The van der Waals surface area contributed by atoms with Crippen molar-refractivity contribution >= 4 is 23.9 Å². The summed E-state index contributed by atoms with van der Waals surface area (Å²) in [5.41, 5.74) is 3.80. The van der Waals surface area contributed by atoms with Crippen LogP contribution in [0.15, 0.2) is 30.3 Å². The summed E-state index contributed by atoms with van der Waals surface area (Å²) in [7, 11) is 3.73. The highest BCUT2D eigenvalue weighted by molar-refractivity contribution is 7.71. The number of fused-ring (bicyclic) bond motifs is 1. The van der Waals surface area contributed by atoms with Crippen molar-refractivity contribution in [3.05, 3.63) is 57.6 Å². The summed E-state index contributed by atoms with van der Waals surface area (Å²) in [4.78, 5) is 21.7. The fraction of sp³-hybridized carbons (Fsp3) is 0.333. The Labute approximate surface area is 157 Å². The first-order chi connectivity index (χ1) is 12.4. The monoisotopic (exact) mass is 371 g/mol. The smallest absolute Gasteiger partial charge is 0.252 e. The fourth-order valence-electron chi connectivity index (χ4n) is 3.07.